The number of thioether (sulfide) groups is 1. The van der Waals surface area contributed by atoms with E-state index in [2.05, 4.69) is 31.8 Å². The van der Waals surface area contributed by atoms with Crippen LogP contribution < -0.4 is 5.32 Å². The first kappa shape index (κ1) is 20.0. The molecule has 1 rings (SSSR count). The van der Waals surface area contributed by atoms with Gasteiger partial charge in [-0.1, -0.05) is 0 Å². The molecule has 0 aliphatic rings. The lowest BCUT2D eigenvalue weighted by molar-refractivity contribution is 0.469. The number of hydrogen-bond acceptors (Lipinski definition) is 4. The zero-order chi connectivity index (χ0) is 14.1. The van der Waals surface area contributed by atoms with Gasteiger partial charge in [-0.25, -0.2) is 4.98 Å². The van der Waals surface area contributed by atoms with E-state index in [9.17, 15) is 0 Å². The molecule has 1 aromatic heterocycles. The zero-order valence-electron chi connectivity index (χ0n) is 12.7. The number of nitrogens with one attached hydrogen (secondary N) is 1. The van der Waals surface area contributed by atoms with Gasteiger partial charge in [-0.15, -0.1) is 35.3 Å². The molecule has 0 aliphatic heterocycles. The van der Waals surface area contributed by atoms with E-state index >= 15 is 0 Å². The Balaban J connectivity index is 0.00000361. The molecule has 0 radical (unpaired) electrons. The van der Waals surface area contributed by atoms with Crippen LogP contribution in [0.2, 0.25) is 0 Å². The smallest absolute Gasteiger partial charge is 0.193 e. The van der Waals surface area contributed by atoms with Crippen LogP contribution in [0.1, 0.15) is 23.5 Å². The topological polar surface area (TPSA) is 40.5 Å². The lowest BCUT2D eigenvalue weighted by atomic mass is 10.3. The summed E-state index contributed by atoms with van der Waals surface area (Å²) in [5.41, 5.74) is 1.11. The van der Waals surface area contributed by atoms with Gasteiger partial charge in [-0.2, -0.15) is 11.8 Å². The van der Waals surface area contributed by atoms with E-state index in [1.165, 1.54) is 18.6 Å². The zero-order valence-corrected chi connectivity index (χ0v) is 16.6. The lowest BCUT2D eigenvalue weighted by Crippen LogP contribution is -2.39. The Kier molecular flexibility index (Phi) is 11.6. The van der Waals surface area contributed by atoms with E-state index in [0.29, 0.717) is 0 Å². The molecule has 20 heavy (non-hydrogen) atoms. The van der Waals surface area contributed by atoms with Crippen LogP contribution in [-0.2, 0) is 6.54 Å². The standard InChI is InChI=1S/C13H24N4S2.HI/c1-11-16-12(10-19-11)9-17(3)13(14-2)15-7-5-6-8-18-4;/h10H,5-9H2,1-4H3,(H,14,15);1H. The fraction of sp³-hybridized carbons (Fsp3) is 0.692. The summed E-state index contributed by atoms with van der Waals surface area (Å²) in [6, 6.07) is 0. The minimum absolute atomic E-state index is 0. The molecule has 0 unspecified atom stereocenters. The first-order chi connectivity index (χ1) is 9.17. The number of halogens is 1. The normalized spacial score (nSPS) is 11.1. The van der Waals surface area contributed by atoms with Crippen LogP contribution in [0.4, 0.5) is 0 Å². The minimum atomic E-state index is 0. The summed E-state index contributed by atoms with van der Waals surface area (Å²) in [6.07, 6.45) is 4.58. The molecule has 116 valence electrons. The molecule has 7 heteroatoms. The SMILES string of the molecule is CN=C(NCCCCSC)N(C)Cc1csc(C)n1.I. The van der Waals surface area contributed by atoms with Gasteiger partial charge < -0.3 is 10.2 Å². The number of rotatable bonds is 7. The second-order valence-corrected chi connectivity index (χ2v) is 6.44. The Morgan fingerprint density at radius 3 is 2.80 bits per heavy atom. The van der Waals surface area contributed by atoms with Crippen molar-refractivity contribution in [2.75, 3.05) is 32.6 Å². The highest BCUT2D eigenvalue weighted by Gasteiger charge is 2.07. The minimum Gasteiger partial charge on any atom is -0.356 e. The Hall–Kier alpha value is -0.0200. The van der Waals surface area contributed by atoms with E-state index in [-0.39, 0.29) is 24.0 Å². The molecule has 0 atom stereocenters. The highest BCUT2D eigenvalue weighted by Crippen LogP contribution is 2.09. The third kappa shape index (κ3) is 7.68. The van der Waals surface area contributed by atoms with E-state index in [0.717, 1.165) is 29.8 Å². The van der Waals surface area contributed by atoms with Crippen LogP contribution >= 0.6 is 47.1 Å². The Morgan fingerprint density at radius 1 is 1.50 bits per heavy atom. The fourth-order valence-corrected chi connectivity index (χ4v) is 2.85. The number of nitrogens with zero attached hydrogens (tertiary/aromatic N) is 3. The maximum atomic E-state index is 4.48. The van der Waals surface area contributed by atoms with Crippen molar-refractivity contribution >= 4 is 53.0 Å². The molecule has 4 nitrogen and oxygen atoms in total. The predicted molar refractivity (Wildman–Crippen MR) is 103 cm³/mol. The summed E-state index contributed by atoms with van der Waals surface area (Å²) in [4.78, 5) is 10.9. The second-order valence-electron chi connectivity index (χ2n) is 4.39. The molecule has 0 spiro atoms. The van der Waals surface area contributed by atoms with Crippen LogP contribution in [-0.4, -0.2) is 48.5 Å². The highest BCUT2D eigenvalue weighted by atomic mass is 127. The number of unbranched alkanes of at least 4 members (excludes halogenated alkanes) is 1. The number of aromatic nitrogens is 1. The van der Waals surface area contributed by atoms with Crippen molar-refractivity contribution in [1.82, 2.24) is 15.2 Å². The van der Waals surface area contributed by atoms with Crippen molar-refractivity contribution in [3.05, 3.63) is 16.1 Å². The first-order valence-corrected chi connectivity index (χ1v) is 8.76. The number of thiazole rings is 1. The molecule has 0 bridgehead atoms. The van der Waals surface area contributed by atoms with Gasteiger partial charge in [0.15, 0.2) is 5.96 Å². The number of guanidine groups is 1. The summed E-state index contributed by atoms with van der Waals surface area (Å²) in [5.74, 6) is 2.17. The van der Waals surface area contributed by atoms with Crippen LogP contribution in [0.15, 0.2) is 10.4 Å². The third-order valence-corrected chi connectivity index (χ3v) is 4.22. The maximum Gasteiger partial charge on any atom is 0.193 e. The van der Waals surface area contributed by atoms with Crippen LogP contribution in [0.25, 0.3) is 0 Å². The van der Waals surface area contributed by atoms with E-state index < -0.39 is 0 Å². The molecule has 0 aliphatic carbocycles. The Morgan fingerprint density at radius 2 is 2.25 bits per heavy atom. The van der Waals surface area contributed by atoms with Gasteiger partial charge in [-0.05, 0) is 31.8 Å². The van der Waals surface area contributed by atoms with E-state index in [1.807, 2.05) is 32.8 Å². The number of aryl methyl sites for hydroxylation is 1. The van der Waals surface area contributed by atoms with Gasteiger partial charge in [-0.3, -0.25) is 4.99 Å². The van der Waals surface area contributed by atoms with Gasteiger partial charge in [0.25, 0.3) is 0 Å². The quantitative estimate of drug-likeness (QED) is 0.313. The molecule has 0 amide bonds. The molecule has 0 saturated heterocycles. The van der Waals surface area contributed by atoms with Crippen LogP contribution in [0, 0.1) is 6.92 Å². The molecule has 1 heterocycles. The number of hydrogen-bond donors (Lipinski definition) is 1. The third-order valence-electron chi connectivity index (χ3n) is 2.70. The van der Waals surface area contributed by atoms with Crippen LogP contribution in [0.5, 0.6) is 0 Å². The van der Waals surface area contributed by atoms with Gasteiger partial charge in [0, 0.05) is 26.0 Å². The van der Waals surface area contributed by atoms with Crippen molar-refractivity contribution < 1.29 is 0 Å². The van der Waals surface area contributed by atoms with Gasteiger partial charge in [0.2, 0.25) is 0 Å². The molecule has 0 fully saturated rings. The highest BCUT2D eigenvalue weighted by molar-refractivity contribution is 14.0. The van der Waals surface area contributed by atoms with Gasteiger partial charge in [0.1, 0.15) is 0 Å². The van der Waals surface area contributed by atoms with Gasteiger partial charge >= 0.3 is 0 Å². The monoisotopic (exact) mass is 428 g/mol. The largest absolute Gasteiger partial charge is 0.356 e. The van der Waals surface area contributed by atoms with E-state index in [4.69, 9.17) is 0 Å². The maximum absolute atomic E-state index is 4.48. The van der Waals surface area contributed by atoms with Crippen molar-refractivity contribution in [1.29, 1.82) is 0 Å². The molecule has 1 N–H and O–H groups in total. The van der Waals surface area contributed by atoms with Crippen molar-refractivity contribution in [3.8, 4) is 0 Å². The predicted octanol–water partition coefficient (Wildman–Crippen LogP) is 3.22. The average Bonchev–Trinajstić information content (AvgIpc) is 2.79. The molecular formula is C13H25IN4S2. The van der Waals surface area contributed by atoms with E-state index in [1.54, 1.807) is 11.3 Å². The van der Waals surface area contributed by atoms with Crippen molar-refractivity contribution in [3.63, 3.8) is 0 Å². The Labute approximate surface area is 147 Å². The van der Waals surface area contributed by atoms with Crippen molar-refractivity contribution in [2.45, 2.75) is 26.3 Å². The summed E-state index contributed by atoms with van der Waals surface area (Å²) < 4.78 is 0. The molecule has 1 aromatic rings. The second kappa shape index (κ2) is 11.6. The average molecular weight is 428 g/mol. The lowest BCUT2D eigenvalue weighted by Gasteiger charge is -2.21. The summed E-state index contributed by atoms with van der Waals surface area (Å²) in [6.45, 7) is 3.81. The molecule has 0 aromatic carbocycles. The summed E-state index contributed by atoms with van der Waals surface area (Å²) in [7, 11) is 3.87. The summed E-state index contributed by atoms with van der Waals surface area (Å²) >= 11 is 3.59. The molecule has 0 saturated carbocycles. The Bertz CT molecular complexity index is 395. The number of aliphatic imine (C=N–C) groups is 1. The van der Waals surface area contributed by atoms with Gasteiger partial charge in [0.05, 0.1) is 17.2 Å². The summed E-state index contributed by atoms with van der Waals surface area (Å²) in [5, 5.41) is 6.62. The fourth-order valence-electron chi connectivity index (χ4n) is 1.76. The first-order valence-electron chi connectivity index (χ1n) is 6.49. The van der Waals surface area contributed by atoms with Crippen LogP contribution in [0.3, 0.4) is 0 Å². The molecular weight excluding hydrogens is 403 g/mol. The van der Waals surface area contributed by atoms with Crippen molar-refractivity contribution in [2.24, 2.45) is 4.99 Å².